The number of aldehydes is 1. The lowest BCUT2D eigenvalue weighted by atomic mass is 9.50. The lowest BCUT2D eigenvalue weighted by molar-refractivity contribution is -0.113. The molecule has 25 heavy (non-hydrogen) atoms. The van der Waals surface area contributed by atoms with Gasteiger partial charge in [0.25, 0.3) is 0 Å². The smallest absolute Gasteiger partial charge is 0.123 e. The van der Waals surface area contributed by atoms with Crippen molar-refractivity contribution in [2.45, 2.75) is 71.8 Å². The molecule has 4 aliphatic carbocycles. The second-order valence-electron chi connectivity index (χ2n) is 9.71. The molecular formula is C23H34O2. The summed E-state index contributed by atoms with van der Waals surface area (Å²) < 4.78 is 5.66. The van der Waals surface area contributed by atoms with Gasteiger partial charge in [-0.2, -0.15) is 0 Å². The van der Waals surface area contributed by atoms with Crippen LogP contribution in [0.25, 0.3) is 0 Å². The van der Waals surface area contributed by atoms with Crippen LogP contribution in [0.5, 0.6) is 0 Å². The number of hydrogen-bond donors (Lipinski definition) is 0. The third-order valence-corrected chi connectivity index (χ3v) is 8.78. The molecule has 0 amide bonds. The molecule has 0 heterocycles. The Morgan fingerprint density at radius 3 is 2.64 bits per heavy atom. The van der Waals surface area contributed by atoms with Crippen molar-refractivity contribution < 1.29 is 9.53 Å². The minimum atomic E-state index is 0.203. The van der Waals surface area contributed by atoms with Gasteiger partial charge in [-0.1, -0.05) is 44.1 Å². The van der Waals surface area contributed by atoms with Gasteiger partial charge in [0, 0.05) is 13.0 Å². The Morgan fingerprint density at radius 2 is 1.92 bits per heavy atom. The van der Waals surface area contributed by atoms with Gasteiger partial charge < -0.3 is 9.53 Å². The number of methoxy groups -OCH3 is 1. The summed E-state index contributed by atoms with van der Waals surface area (Å²) in [5.74, 6) is 2.18. The fourth-order valence-corrected chi connectivity index (χ4v) is 7.17. The highest BCUT2D eigenvalue weighted by atomic mass is 16.5. The van der Waals surface area contributed by atoms with Gasteiger partial charge in [0.2, 0.25) is 0 Å². The summed E-state index contributed by atoms with van der Waals surface area (Å²) >= 11 is 0. The van der Waals surface area contributed by atoms with Crippen LogP contribution in [-0.4, -0.2) is 19.5 Å². The van der Waals surface area contributed by atoms with Crippen LogP contribution in [-0.2, 0) is 9.53 Å². The molecule has 0 N–H and O–H groups in total. The summed E-state index contributed by atoms with van der Waals surface area (Å²) in [4.78, 5) is 11.5. The van der Waals surface area contributed by atoms with Crippen molar-refractivity contribution in [2.75, 3.05) is 7.11 Å². The average molecular weight is 343 g/mol. The van der Waals surface area contributed by atoms with E-state index in [9.17, 15) is 4.79 Å². The van der Waals surface area contributed by atoms with E-state index >= 15 is 0 Å². The molecule has 3 saturated carbocycles. The largest absolute Gasteiger partial charge is 0.381 e. The number of allylic oxidation sites excluding steroid dienone is 3. The highest BCUT2D eigenvalue weighted by Gasteiger charge is 2.57. The number of rotatable bonds is 3. The van der Waals surface area contributed by atoms with Crippen molar-refractivity contribution in [3.8, 4) is 0 Å². The van der Waals surface area contributed by atoms with Gasteiger partial charge in [-0.25, -0.2) is 0 Å². The Balaban J connectivity index is 1.67. The van der Waals surface area contributed by atoms with Crippen LogP contribution < -0.4 is 0 Å². The van der Waals surface area contributed by atoms with Crippen LogP contribution >= 0.6 is 0 Å². The van der Waals surface area contributed by atoms with Crippen molar-refractivity contribution in [2.24, 2.45) is 34.5 Å². The second kappa shape index (κ2) is 6.08. The topological polar surface area (TPSA) is 26.3 Å². The maximum atomic E-state index is 11.5. The van der Waals surface area contributed by atoms with E-state index in [4.69, 9.17) is 4.74 Å². The van der Waals surface area contributed by atoms with Gasteiger partial charge in [-0.05, 0) is 73.5 Å². The van der Waals surface area contributed by atoms with Crippen LogP contribution in [0, 0.1) is 34.5 Å². The molecule has 7 atom stereocenters. The monoisotopic (exact) mass is 342 g/mol. The van der Waals surface area contributed by atoms with Gasteiger partial charge >= 0.3 is 0 Å². The third kappa shape index (κ3) is 2.43. The normalized spacial score (nSPS) is 47.0. The molecule has 0 aromatic carbocycles. The quantitative estimate of drug-likeness (QED) is 0.648. The Hall–Kier alpha value is -0.890. The van der Waals surface area contributed by atoms with Crippen molar-refractivity contribution in [1.82, 2.24) is 0 Å². The number of hydrogen-bond acceptors (Lipinski definition) is 2. The summed E-state index contributed by atoms with van der Waals surface area (Å²) in [5.41, 5.74) is 4.01. The van der Waals surface area contributed by atoms with E-state index in [1.54, 1.807) is 11.1 Å². The summed E-state index contributed by atoms with van der Waals surface area (Å²) in [6.45, 7) is 7.14. The van der Waals surface area contributed by atoms with E-state index in [2.05, 4.69) is 32.9 Å². The molecule has 0 saturated heterocycles. The fraction of sp³-hybridized carbons (Fsp3) is 0.783. The molecule has 0 bridgehead atoms. The third-order valence-electron chi connectivity index (χ3n) is 8.78. The van der Waals surface area contributed by atoms with E-state index in [0.29, 0.717) is 34.7 Å². The lowest BCUT2D eigenvalue weighted by Crippen LogP contribution is -2.46. The van der Waals surface area contributed by atoms with Crippen LogP contribution in [0.3, 0.4) is 0 Å². The van der Waals surface area contributed by atoms with Crippen LogP contribution in [0.2, 0.25) is 0 Å². The SMILES string of the molecule is CO[C@H]1CC[C@@]2(C)C(=CC=C3[C@@H]4CC[C@H]([C@@H](C)C=O)[C@@]4(C)CC[C@@H]32)C1. The van der Waals surface area contributed by atoms with Crippen molar-refractivity contribution in [3.05, 3.63) is 23.3 Å². The molecule has 0 aliphatic heterocycles. The van der Waals surface area contributed by atoms with Gasteiger partial charge in [-0.3, -0.25) is 0 Å². The highest BCUT2D eigenvalue weighted by molar-refractivity contribution is 5.54. The first-order valence-corrected chi connectivity index (χ1v) is 10.3. The molecule has 0 radical (unpaired) electrons. The van der Waals surface area contributed by atoms with Crippen LogP contribution in [0.4, 0.5) is 0 Å². The first kappa shape index (κ1) is 17.5. The lowest BCUT2D eigenvalue weighted by Gasteiger charge is -2.55. The molecule has 4 aliphatic rings. The van der Waals surface area contributed by atoms with Gasteiger partial charge in [0.05, 0.1) is 6.10 Å². The summed E-state index contributed by atoms with van der Waals surface area (Å²) in [5, 5.41) is 0. The number of carbonyl (C=O) groups excluding carboxylic acids is 1. The van der Waals surface area contributed by atoms with Crippen molar-refractivity contribution in [3.63, 3.8) is 0 Å². The number of ether oxygens (including phenoxy) is 1. The molecule has 0 aromatic heterocycles. The van der Waals surface area contributed by atoms with Crippen LogP contribution in [0.1, 0.15) is 65.7 Å². The Morgan fingerprint density at radius 1 is 1.12 bits per heavy atom. The zero-order chi connectivity index (χ0) is 17.8. The van der Waals surface area contributed by atoms with Gasteiger partial charge in [-0.15, -0.1) is 0 Å². The zero-order valence-corrected chi connectivity index (χ0v) is 16.4. The first-order valence-electron chi connectivity index (χ1n) is 10.3. The summed E-state index contributed by atoms with van der Waals surface area (Å²) in [7, 11) is 1.86. The highest BCUT2D eigenvalue weighted by Crippen LogP contribution is 2.65. The van der Waals surface area contributed by atoms with E-state index in [-0.39, 0.29) is 5.92 Å². The Labute approximate surface area is 153 Å². The van der Waals surface area contributed by atoms with Gasteiger partial charge in [0.1, 0.15) is 6.29 Å². The van der Waals surface area contributed by atoms with Gasteiger partial charge in [0.15, 0.2) is 0 Å². The molecule has 138 valence electrons. The molecule has 0 unspecified atom stereocenters. The van der Waals surface area contributed by atoms with Crippen molar-refractivity contribution >= 4 is 6.29 Å². The molecule has 2 nitrogen and oxygen atoms in total. The fourth-order valence-electron chi connectivity index (χ4n) is 7.17. The number of carbonyl (C=O) groups is 1. The maximum Gasteiger partial charge on any atom is 0.123 e. The first-order chi connectivity index (χ1) is 11.9. The Bertz CT molecular complexity index is 618. The van der Waals surface area contributed by atoms with E-state index in [1.165, 1.54) is 44.8 Å². The van der Waals surface area contributed by atoms with E-state index < -0.39 is 0 Å². The standard InChI is InChI=1S/C23H34O2/c1-15(14-24)19-7-8-20-18-6-5-16-13-17(25-4)9-11-22(16,2)21(18)10-12-23(19,20)3/h5-6,14-15,17,19-21H,7-13H2,1-4H3/t15-,17-,19+,20-,21-,22-,23+/m0/s1. The predicted molar refractivity (Wildman–Crippen MR) is 101 cm³/mol. The summed E-state index contributed by atoms with van der Waals surface area (Å²) in [6.07, 6.45) is 15.2. The molecule has 4 rings (SSSR count). The predicted octanol–water partition coefficient (Wildman–Crippen LogP) is 5.34. The second-order valence-corrected chi connectivity index (χ2v) is 9.71. The van der Waals surface area contributed by atoms with E-state index in [0.717, 1.165) is 6.42 Å². The van der Waals surface area contributed by atoms with E-state index in [1.807, 2.05) is 7.11 Å². The molecule has 3 fully saturated rings. The molecule has 0 aromatic rings. The molecular weight excluding hydrogens is 308 g/mol. The Kier molecular flexibility index (Phi) is 4.26. The zero-order valence-electron chi connectivity index (χ0n) is 16.4. The molecule has 2 heteroatoms. The molecule has 0 spiro atoms. The number of fused-ring (bicyclic) bond motifs is 5. The maximum absolute atomic E-state index is 11.5. The average Bonchev–Trinajstić information content (AvgIpc) is 2.97. The minimum absolute atomic E-state index is 0.203. The minimum Gasteiger partial charge on any atom is -0.381 e. The summed E-state index contributed by atoms with van der Waals surface area (Å²) in [6, 6.07) is 0. The van der Waals surface area contributed by atoms with Crippen LogP contribution in [0.15, 0.2) is 23.3 Å². The van der Waals surface area contributed by atoms with Crippen molar-refractivity contribution in [1.29, 1.82) is 0 Å².